The van der Waals surface area contributed by atoms with Crippen LogP contribution >= 0.6 is 11.6 Å². The predicted molar refractivity (Wildman–Crippen MR) is 79.4 cm³/mol. The van der Waals surface area contributed by atoms with Gasteiger partial charge in [-0.2, -0.15) is 0 Å². The lowest BCUT2D eigenvalue weighted by Crippen LogP contribution is -2.15. The maximum absolute atomic E-state index is 12.1. The molecule has 108 valence electrons. The van der Waals surface area contributed by atoms with Gasteiger partial charge < -0.3 is 15.2 Å². The normalized spacial score (nSPS) is 10.0. The Morgan fingerprint density at radius 1 is 1.14 bits per heavy atom. The molecule has 2 N–H and O–H groups in total. The van der Waals surface area contributed by atoms with Crippen LogP contribution in [0.15, 0.2) is 42.5 Å². The number of aromatic carboxylic acids is 1. The van der Waals surface area contributed by atoms with E-state index >= 15 is 0 Å². The third-order valence-corrected chi connectivity index (χ3v) is 3.15. The van der Waals surface area contributed by atoms with E-state index in [1.807, 2.05) is 0 Å². The van der Waals surface area contributed by atoms with E-state index in [1.54, 1.807) is 24.3 Å². The van der Waals surface area contributed by atoms with Crippen LogP contribution in [-0.2, 0) is 0 Å². The molecule has 0 aliphatic heterocycles. The summed E-state index contributed by atoms with van der Waals surface area (Å²) in [5.74, 6) is -0.994. The van der Waals surface area contributed by atoms with Crippen LogP contribution in [0.4, 0.5) is 5.69 Å². The fourth-order valence-electron chi connectivity index (χ4n) is 1.76. The van der Waals surface area contributed by atoms with Gasteiger partial charge in [0, 0.05) is 5.56 Å². The van der Waals surface area contributed by atoms with Gasteiger partial charge in [0.05, 0.1) is 23.4 Å². The maximum Gasteiger partial charge on any atom is 0.337 e. The van der Waals surface area contributed by atoms with Gasteiger partial charge >= 0.3 is 5.97 Å². The molecule has 5 nitrogen and oxygen atoms in total. The summed E-state index contributed by atoms with van der Waals surface area (Å²) in [6.45, 7) is 0. The van der Waals surface area contributed by atoms with Crippen LogP contribution in [0.5, 0.6) is 5.75 Å². The van der Waals surface area contributed by atoms with Crippen LogP contribution in [0.2, 0.25) is 5.02 Å². The van der Waals surface area contributed by atoms with Gasteiger partial charge in [0.2, 0.25) is 0 Å². The zero-order valence-electron chi connectivity index (χ0n) is 11.1. The Morgan fingerprint density at radius 2 is 1.81 bits per heavy atom. The summed E-state index contributed by atoms with van der Waals surface area (Å²) in [5, 5.41) is 11.8. The predicted octanol–water partition coefficient (Wildman–Crippen LogP) is 3.30. The Labute approximate surface area is 126 Å². The second-order valence-electron chi connectivity index (χ2n) is 4.15. The number of rotatable bonds is 4. The van der Waals surface area contributed by atoms with Crippen LogP contribution in [0, 0.1) is 0 Å². The number of para-hydroxylation sites is 1. The van der Waals surface area contributed by atoms with Gasteiger partial charge in [-0.3, -0.25) is 4.79 Å². The van der Waals surface area contributed by atoms with Gasteiger partial charge in [-0.1, -0.05) is 17.7 Å². The summed E-state index contributed by atoms with van der Waals surface area (Å²) in [4.78, 5) is 23.3. The molecule has 2 aromatic rings. The molecule has 2 aromatic carbocycles. The number of carbonyl (C=O) groups is 2. The van der Waals surface area contributed by atoms with E-state index in [2.05, 4.69) is 5.32 Å². The van der Waals surface area contributed by atoms with Gasteiger partial charge in [0.15, 0.2) is 0 Å². The van der Waals surface area contributed by atoms with Gasteiger partial charge in [-0.15, -0.1) is 0 Å². The summed E-state index contributed by atoms with van der Waals surface area (Å²) in [6.07, 6.45) is 0. The van der Waals surface area contributed by atoms with Crippen LogP contribution in [0.25, 0.3) is 0 Å². The Kier molecular flexibility index (Phi) is 4.45. The largest absolute Gasteiger partial charge is 0.497 e. The van der Waals surface area contributed by atoms with Crippen LogP contribution < -0.4 is 10.1 Å². The molecule has 0 spiro atoms. The zero-order valence-corrected chi connectivity index (χ0v) is 11.8. The molecule has 6 heteroatoms. The molecule has 0 aliphatic carbocycles. The summed E-state index contributed by atoms with van der Waals surface area (Å²) in [5.41, 5.74) is 0.379. The van der Waals surface area contributed by atoms with Gasteiger partial charge in [-0.05, 0) is 36.4 Å². The number of carboxylic acids is 1. The maximum atomic E-state index is 12.1. The van der Waals surface area contributed by atoms with E-state index in [4.69, 9.17) is 21.4 Å². The monoisotopic (exact) mass is 305 g/mol. The molecule has 0 aromatic heterocycles. The van der Waals surface area contributed by atoms with E-state index in [1.165, 1.54) is 25.3 Å². The first-order chi connectivity index (χ1) is 10.0. The Hall–Kier alpha value is -2.53. The number of anilines is 1. The second-order valence-corrected chi connectivity index (χ2v) is 4.56. The standard InChI is InChI=1S/C15H12ClNO4/c1-21-10-7-5-9(6-8-10)14(18)17-13-11(15(19)20)3-2-4-12(13)16/h2-8H,1H3,(H,17,18)(H,19,20). The van der Waals surface area contributed by atoms with Crippen LogP contribution in [0.1, 0.15) is 20.7 Å². The SMILES string of the molecule is COc1ccc(C(=O)Nc2c(Cl)cccc2C(=O)O)cc1. The van der Waals surface area contributed by atoms with Crippen molar-refractivity contribution >= 4 is 29.2 Å². The fraction of sp³-hybridized carbons (Fsp3) is 0.0667. The molecule has 0 bridgehead atoms. The third kappa shape index (κ3) is 3.32. The number of carbonyl (C=O) groups excluding carboxylic acids is 1. The molecular weight excluding hydrogens is 294 g/mol. The van der Waals surface area contributed by atoms with Gasteiger partial charge in [-0.25, -0.2) is 4.79 Å². The van der Waals surface area contributed by atoms with E-state index < -0.39 is 11.9 Å². The molecule has 0 fully saturated rings. The van der Waals surface area contributed by atoms with E-state index in [-0.39, 0.29) is 16.3 Å². The smallest absolute Gasteiger partial charge is 0.337 e. The third-order valence-electron chi connectivity index (χ3n) is 2.83. The second kappa shape index (κ2) is 6.28. The van der Waals surface area contributed by atoms with Crippen molar-refractivity contribution in [3.63, 3.8) is 0 Å². The number of methoxy groups -OCH3 is 1. The molecule has 0 aliphatic rings. The lowest BCUT2D eigenvalue weighted by atomic mass is 10.1. The van der Waals surface area contributed by atoms with Crippen molar-refractivity contribution in [3.05, 3.63) is 58.6 Å². The van der Waals surface area contributed by atoms with Crippen LogP contribution in [-0.4, -0.2) is 24.1 Å². The minimum Gasteiger partial charge on any atom is -0.497 e. The molecule has 2 rings (SSSR count). The van der Waals surface area contributed by atoms with Crippen molar-refractivity contribution < 1.29 is 19.4 Å². The van der Waals surface area contributed by atoms with Crippen molar-refractivity contribution in [2.45, 2.75) is 0 Å². The minimum absolute atomic E-state index is 0.0654. The first-order valence-electron chi connectivity index (χ1n) is 6.00. The van der Waals surface area contributed by atoms with Gasteiger partial charge in [0.25, 0.3) is 5.91 Å². The number of ether oxygens (including phenoxy) is 1. The topological polar surface area (TPSA) is 75.6 Å². The first kappa shape index (κ1) is 14.9. The molecule has 1 amide bonds. The van der Waals surface area contributed by atoms with Gasteiger partial charge in [0.1, 0.15) is 5.75 Å². The zero-order chi connectivity index (χ0) is 15.4. The Bertz CT molecular complexity index is 683. The average molecular weight is 306 g/mol. The van der Waals surface area contributed by atoms with E-state index in [0.29, 0.717) is 11.3 Å². The van der Waals surface area contributed by atoms with Crippen molar-refractivity contribution in [1.82, 2.24) is 0 Å². The number of benzene rings is 2. The molecule has 0 radical (unpaired) electrons. The highest BCUT2D eigenvalue weighted by molar-refractivity contribution is 6.34. The number of hydrogen-bond acceptors (Lipinski definition) is 3. The summed E-state index contributed by atoms with van der Waals surface area (Å²) in [7, 11) is 1.53. The number of nitrogens with one attached hydrogen (secondary N) is 1. The van der Waals surface area contributed by atoms with Crippen molar-refractivity contribution in [1.29, 1.82) is 0 Å². The Balaban J connectivity index is 2.29. The van der Waals surface area contributed by atoms with E-state index in [0.717, 1.165) is 0 Å². The highest BCUT2D eigenvalue weighted by atomic mass is 35.5. The Morgan fingerprint density at radius 3 is 2.38 bits per heavy atom. The summed E-state index contributed by atoms with van der Waals surface area (Å²) < 4.78 is 5.01. The minimum atomic E-state index is -1.16. The van der Waals surface area contributed by atoms with Crippen molar-refractivity contribution in [2.24, 2.45) is 0 Å². The highest BCUT2D eigenvalue weighted by Gasteiger charge is 2.16. The number of halogens is 1. The first-order valence-corrected chi connectivity index (χ1v) is 6.38. The van der Waals surface area contributed by atoms with Crippen LogP contribution in [0.3, 0.4) is 0 Å². The number of carboxylic acid groups (broad SMARTS) is 1. The molecule has 0 saturated carbocycles. The highest BCUT2D eigenvalue weighted by Crippen LogP contribution is 2.26. The fourth-order valence-corrected chi connectivity index (χ4v) is 1.98. The quantitative estimate of drug-likeness (QED) is 0.908. The van der Waals surface area contributed by atoms with Crippen molar-refractivity contribution in [2.75, 3.05) is 12.4 Å². The summed E-state index contributed by atoms with van der Waals surface area (Å²) in [6, 6.07) is 10.8. The molecular formula is C15H12ClNO4. The average Bonchev–Trinajstić information content (AvgIpc) is 2.49. The number of amides is 1. The molecule has 0 heterocycles. The molecule has 0 saturated heterocycles. The molecule has 0 unspecified atom stereocenters. The lowest BCUT2D eigenvalue weighted by molar-refractivity contribution is 0.0698. The van der Waals surface area contributed by atoms with Crippen molar-refractivity contribution in [3.8, 4) is 5.75 Å². The number of hydrogen-bond donors (Lipinski definition) is 2. The molecule has 0 atom stereocenters. The molecule has 21 heavy (non-hydrogen) atoms. The lowest BCUT2D eigenvalue weighted by Gasteiger charge is -2.10. The van der Waals surface area contributed by atoms with E-state index in [9.17, 15) is 9.59 Å². The summed E-state index contributed by atoms with van der Waals surface area (Å²) >= 11 is 5.95.